The quantitative estimate of drug-likeness (QED) is 0.730. The Bertz CT molecular complexity index is 563. The molecule has 5 heteroatoms. The van der Waals surface area contributed by atoms with Crippen molar-refractivity contribution in [1.82, 2.24) is 5.32 Å². The van der Waals surface area contributed by atoms with Crippen molar-refractivity contribution < 1.29 is 4.79 Å². The van der Waals surface area contributed by atoms with Crippen molar-refractivity contribution in [3.8, 4) is 6.07 Å². The maximum atomic E-state index is 11.8. The second kappa shape index (κ2) is 4.47. The Kier molecular flexibility index (Phi) is 2.79. The summed E-state index contributed by atoms with van der Waals surface area (Å²) in [5, 5.41) is 12.2. The van der Waals surface area contributed by atoms with Crippen LogP contribution in [-0.4, -0.2) is 25.0 Å². The molecule has 5 nitrogen and oxygen atoms in total. The highest BCUT2D eigenvalue weighted by atomic mass is 16.2. The second-order valence-corrected chi connectivity index (χ2v) is 5.14. The Labute approximate surface area is 112 Å². The number of carbonyl (C=O) groups excluding carboxylic acids is 1. The average Bonchev–Trinajstić information content (AvgIpc) is 2.81. The summed E-state index contributed by atoms with van der Waals surface area (Å²) in [6, 6.07) is 7.76. The molecule has 1 amide bonds. The van der Waals surface area contributed by atoms with E-state index in [9.17, 15) is 10.1 Å². The Morgan fingerprint density at radius 1 is 1.47 bits per heavy atom. The molecule has 2 saturated heterocycles. The number of nitrogens with two attached hydrogens (primary N) is 1. The van der Waals surface area contributed by atoms with Crippen LogP contribution < -0.4 is 16.0 Å². The van der Waals surface area contributed by atoms with E-state index in [4.69, 9.17) is 5.73 Å². The predicted octanol–water partition coefficient (Wildman–Crippen LogP) is 0.855. The van der Waals surface area contributed by atoms with Crippen molar-refractivity contribution in [3.63, 3.8) is 0 Å². The molecule has 19 heavy (non-hydrogen) atoms. The van der Waals surface area contributed by atoms with Crippen LogP contribution in [-0.2, 0) is 4.79 Å². The third-order valence-corrected chi connectivity index (χ3v) is 4.05. The normalized spacial score (nSPS) is 25.6. The van der Waals surface area contributed by atoms with Crippen molar-refractivity contribution in [3.05, 3.63) is 23.8 Å². The molecule has 2 aliphatic rings. The smallest absolute Gasteiger partial charge is 0.225 e. The average molecular weight is 256 g/mol. The molecule has 3 rings (SSSR count). The molecule has 2 atom stereocenters. The van der Waals surface area contributed by atoms with Crippen molar-refractivity contribution in [2.75, 3.05) is 23.7 Å². The minimum atomic E-state index is 0.0536. The number of rotatable bonds is 1. The van der Waals surface area contributed by atoms with E-state index in [-0.39, 0.29) is 17.9 Å². The maximum absolute atomic E-state index is 11.8. The van der Waals surface area contributed by atoms with Gasteiger partial charge in [-0.05, 0) is 31.0 Å². The number of nitrogen functional groups attached to an aromatic ring is 1. The Morgan fingerprint density at radius 2 is 2.32 bits per heavy atom. The number of amides is 1. The predicted molar refractivity (Wildman–Crippen MR) is 72.4 cm³/mol. The molecule has 1 aromatic rings. The van der Waals surface area contributed by atoms with Gasteiger partial charge in [-0.2, -0.15) is 5.26 Å². The van der Waals surface area contributed by atoms with Crippen LogP contribution in [0.1, 0.15) is 18.4 Å². The second-order valence-electron chi connectivity index (χ2n) is 5.14. The van der Waals surface area contributed by atoms with Crippen LogP contribution in [0.3, 0.4) is 0 Å². The van der Waals surface area contributed by atoms with Crippen LogP contribution in [0.15, 0.2) is 18.2 Å². The standard InChI is InChI=1S/C14H16N4O/c15-7-9-6-10(16)3-4-12(9)18-5-1-2-11-13(18)8-17-14(11)19/h3-4,6,11,13H,1-2,5,8,16H2,(H,17,19). The first-order chi connectivity index (χ1) is 9.20. The van der Waals surface area contributed by atoms with E-state index in [0.29, 0.717) is 17.8 Å². The Hall–Kier alpha value is -2.22. The van der Waals surface area contributed by atoms with Crippen LogP contribution in [0.5, 0.6) is 0 Å². The zero-order chi connectivity index (χ0) is 13.4. The van der Waals surface area contributed by atoms with Gasteiger partial charge in [-0.15, -0.1) is 0 Å². The number of anilines is 2. The number of hydrogen-bond donors (Lipinski definition) is 2. The van der Waals surface area contributed by atoms with E-state index in [2.05, 4.69) is 16.3 Å². The number of hydrogen-bond acceptors (Lipinski definition) is 4. The summed E-state index contributed by atoms with van der Waals surface area (Å²) < 4.78 is 0. The summed E-state index contributed by atoms with van der Waals surface area (Å²) in [5.41, 5.74) is 7.79. The molecule has 0 radical (unpaired) electrons. The molecule has 98 valence electrons. The number of benzene rings is 1. The van der Waals surface area contributed by atoms with Gasteiger partial charge in [0.25, 0.3) is 0 Å². The fourth-order valence-electron chi connectivity index (χ4n) is 3.14. The molecule has 0 aromatic heterocycles. The molecule has 2 unspecified atom stereocenters. The number of nitriles is 1. The SMILES string of the molecule is N#Cc1cc(N)ccc1N1CCCC2C(=O)NCC21. The number of nitrogens with zero attached hydrogens (tertiary/aromatic N) is 2. The first kappa shape index (κ1) is 11.8. The first-order valence-corrected chi connectivity index (χ1v) is 6.54. The van der Waals surface area contributed by atoms with Crippen LogP contribution in [0.4, 0.5) is 11.4 Å². The van der Waals surface area contributed by atoms with Gasteiger partial charge >= 0.3 is 0 Å². The molecule has 2 aliphatic heterocycles. The lowest BCUT2D eigenvalue weighted by molar-refractivity contribution is -0.122. The van der Waals surface area contributed by atoms with E-state index >= 15 is 0 Å². The fourth-order valence-corrected chi connectivity index (χ4v) is 3.14. The molecule has 0 saturated carbocycles. The molecular formula is C14H16N4O. The van der Waals surface area contributed by atoms with Gasteiger partial charge in [-0.25, -0.2) is 0 Å². The molecule has 0 aliphatic carbocycles. The van der Waals surface area contributed by atoms with Gasteiger partial charge in [0, 0.05) is 18.8 Å². The van der Waals surface area contributed by atoms with Gasteiger partial charge in [0.05, 0.1) is 23.2 Å². The summed E-state index contributed by atoms with van der Waals surface area (Å²) in [4.78, 5) is 14.0. The minimum absolute atomic E-state index is 0.0536. The summed E-state index contributed by atoms with van der Waals surface area (Å²) in [6.45, 7) is 1.55. The lowest BCUT2D eigenvalue weighted by atomic mass is 9.90. The molecule has 2 heterocycles. The van der Waals surface area contributed by atoms with E-state index < -0.39 is 0 Å². The highest BCUT2D eigenvalue weighted by Gasteiger charge is 2.41. The van der Waals surface area contributed by atoms with Gasteiger partial charge in [0.1, 0.15) is 6.07 Å². The van der Waals surface area contributed by atoms with Crippen molar-refractivity contribution in [1.29, 1.82) is 5.26 Å². The zero-order valence-electron chi connectivity index (χ0n) is 10.6. The highest BCUT2D eigenvalue weighted by Crippen LogP contribution is 2.33. The van der Waals surface area contributed by atoms with E-state index in [1.807, 2.05) is 12.1 Å². The third kappa shape index (κ3) is 1.89. The van der Waals surface area contributed by atoms with Gasteiger partial charge < -0.3 is 16.0 Å². The molecule has 1 aromatic carbocycles. The largest absolute Gasteiger partial charge is 0.399 e. The van der Waals surface area contributed by atoms with Crippen molar-refractivity contribution >= 4 is 17.3 Å². The van der Waals surface area contributed by atoms with Crippen molar-refractivity contribution in [2.24, 2.45) is 5.92 Å². The van der Waals surface area contributed by atoms with E-state index in [0.717, 1.165) is 25.1 Å². The van der Waals surface area contributed by atoms with Crippen LogP contribution >= 0.6 is 0 Å². The summed E-state index contributed by atoms with van der Waals surface area (Å²) in [6.07, 6.45) is 1.91. The van der Waals surface area contributed by atoms with E-state index in [1.54, 1.807) is 6.07 Å². The van der Waals surface area contributed by atoms with Crippen molar-refractivity contribution in [2.45, 2.75) is 18.9 Å². The third-order valence-electron chi connectivity index (χ3n) is 4.05. The Balaban J connectivity index is 1.98. The number of piperidine rings is 1. The van der Waals surface area contributed by atoms with Gasteiger partial charge in [-0.3, -0.25) is 4.79 Å². The van der Waals surface area contributed by atoms with Crippen LogP contribution in [0.2, 0.25) is 0 Å². The molecular weight excluding hydrogens is 240 g/mol. The number of fused-ring (bicyclic) bond motifs is 1. The van der Waals surface area contributed by atoms with Gasteiger partial charge in [-0.1, -0.05) is 0 Å². The van der Waals surface area contributed by atoms with Crippen LogP contribution in [0.25, 0.3) is 0 Å². The number of carbonyl (C=O) groups is 1. The summed E-state index contributed by atoms with van der Waals surface area (Å²) in [5.74, 6) is 0.196. The lowest BCUT2D eigenvalue weighted by Crippen LogP contribution is -2.46. The maximum Gasteiger partial charge on any atom is 0.225 e. The van der Waals surface area contributed by atoms with Gasteiger partial charge in [0.15, 0.2) is 0 Å². The summed E-state index contributed by atoms with van der Waals surface area (Å²) >= 11 is 0. The zero-order valence-corrected chi connectivity index (χ0v) is 10.6. The first-order valence-electron chi connectivity index (χ1n) is 6.54. The van der Waals surface area contributed by atoms with Gasteiger partial charge in [0.2, 0.25) is 5.91 Å². The molecule has 3 N–H and O–H groups in total. The molecule has 2 fully saturated rings. The summed E-state index contributed by atoms with van der Waals surface area (Å²) in [7, 11) is 0. The topological polar surface area (TPSA) is 82.2 Å². The fraction of sp³-hybridized carbons (Fsp3) is 0.429. The number of nitrogens with one attached hydrogen (secondary N) is 1. The molecule has 0 bridgehead atoms. The van der Waals surface area contributed by atoms with Crippen LogP contribution in [0, 0.1) is 17.2 Å². The van der Waals surface area contributed by atoms with E-state index in [1.165, 1.54) is 0 Å². The Morgan fingerprint density at radius 3 is 3.11 bits per heavy atom. The monoisotopic (exact) mass is 256 g/mol. The highest BCUT2D eigenvalue weighted by molar-refractivity contribution is 5.83. The minimum Gasteiger partial charge on any atom is -0.399 e. The lowest BCUT2D eigenvalue weighted by Gasteiger charge is -2.38. The molecule has 0 spiro atoms.